The van der Waals surface area contributed by atoms with Gasteiger partial charge in [-0.05, 0) is 88.6 Å². The number of rotatable bonds is 11. The fraction of sp³-hybridized carbons (Fsp3) is 0.355. The summed E-state index contributed by atoms with van der Waals surface area (Å²) >= 11 is 12.9. The molecule has 3 aromatic rings. The van der Waals surface area contributed by atoms with Crippen LogP contribution in [-0.4, -0.2) is 43.8 Å². The molecule has 0 aliphatic heterocycles. The molecule has 10 heteroatoms. The van der Waals surface area contributed by atoms with E-state index in [0.717, 1.165) is 21.0 Å². The van der Waals surface area contributed by atoms with Gasteiger partial charge in [0.15, 0.2) is 0 Å². The summed E-state index contributed by atoms with van der Waals surface area (Å²) in [6.45, 7) is 10.4. The van der Waals surface area contributed by atoms with Gasteiger partial charge in [0.25, 0.3) is 10.0 Å². The van der Waals surface area contributed by atoms with Crippen LogP contribution in [0.4, 0.5) is 5.69 Å². The van der Waals surface area contributed by atoms with Gasteiger partial charge in [-0.2, -0.15) is 0 Å². The molecule has 0 unspecified atom stereocenters. The van der Waals surface area contributed by atoms with Gasteiger partial charge < -0.3 is 10.2 Å². The van der Waals surface area contributed by atoms with Crippen LogP contribution in [0.25, 0.3) is 0 Å². The monoisotopic (exact) mass is 617 g/mol. The van der Waals surface area contributed by atoms with Crippen molar-refractivity contribution in [2.75, 3.05) is 10.8 Å². The molecular formula is C31H37Cl2N3O4S. The Bertz CT molecular complexity index is 1470. The zero-order valence-corrected chi connectivity index (χ0v) is 26.6. The molecule has 0 bridgehead atoms. The third kappa shape index (κ3) is 8.03. The van der Waals surface area contributed by atoms with E-state index in [-0.39, 0.29) is 23.4 Å². The van der Waals surface area contributed by atoms with E-state index in [1.807, 2.05) is 40.7 Å². The van der Waals surface area contributed by atoms with E-state index < -0.39 is 28.5 Å². The molecule has 3 aromatic carbocycles. The fourth-order valence-corrected chi connectivity index (χ4v) is 6.28. The molecule has 0 fully saturated rings. The van der Waals surface area contributed by atoms with Crippen molar-refractivity contribution in [1.29, 1.82) is 0 Å². The van der Waals surface area contributed by atoms with Gasteiger partial charge in [0, 0.05) is 28.2 Å². The third-order valence-electron chi connectivity index (χ3n) is 6.94. The lowest BCUT2D eigenvalue weighted by atomic mass is 10.1. The van der Waals surface area contributed by atoms with Crippen LogP contribution in [-0.2, 0) is 26.2 Å². The Morgan fingerprint density at radius 2 is 1.44 bits per heavy atom. The molecule has 0 spiro atoms. The average molecular weight is 619 g/mol. The second-order valence-corrected chi connectivity index (χ2v) is 13.1. The Morgan fingerprint density at radius 1 is 0.878 bits per heavy atom. The Balaban J connectivity index is 2.10. The summed E-state index contributed by atoms with van der Waals surface area (Å²) in [5, 5.41) is 3.58. The summed E-state index contributed by atoms with van der Waals surface area (Å²) in [5.74, 6) is -0.946. The number of halogens is 2. The smallest absolute Gasteiger partial charge is 0.264 e. The van der Waals surface area contributed by atoms with Crippen LogP contribution in [0.2, 0.25) is 10.0 Å². The molecule has 0 aliphatic rings. The molecule has 3 rings (SSSR count). The second kappa shape index (κ2) is 13.7. The second-order valence-electron chi connectivity index (χ2n) is 10.4. The van der Waals surface area contributed by atoms with Gasteiger partial charge in [0.05, 0.1) is 10.6 Å². The Labute approximate surface area is 253 Å². The standard InChI is InChI=1S/C31H37Cl2N3O4S/c1-7-23(5)34-31(38)24(6)35(18-27-28(32)9-8-10-29(27)33)30(37)19-36(25-16-21(3)15-22(4)17-25)41(39,40)26-13-11-20(2)12-14-26/h8-17,23-24H,7,18-19H2,1-6H3,(H,34,38)/t23-,24+/m1/s1. The van der Waals surface area contributed by atoms with E-state index in [2.05, 4.69) is 5.32 Å². The number of hydrogen-bond acceptors (Lipinski definition) is 4. The number of carbonyl (C=O) groups is 2. The molecule has 0 heterocycles. The predicted octanol–water partition coefficient (Wildman–Crippen LogP) is 6.45. The van der Waals surface area contributed by atoms with Crippen LogP contribution in [0.1, 0.15) is 49.4 Å². The quantitative estimate of drug-likeness (QED) is 0.268. The number of nitrogens with zero attached hydrogens (tertiary/aromatic N) is 2. The number of anilines is 1. The molecule has 1 N–H and O–H groups in total. The summed E-state index contributed by atoms with van der Waals surface area (Å²) in [4.78, 5) is 28.7. The summed E-state index contributed by atoms with van der Waals surface area (Å²) in [5.41, 5.74) is 3.41. The number of hydrogen-bond donors (Lipinski definition) is 1. The molecular weight excluding hydrogens is 581 g/mol. The maximum Gasteiger partial charge on any atom is 0.264 e. The molecule has 2 amide bonds. The SMILES string of the molecule is CC[C@@H](C)NC(=O)[C@H](C)N(Cc1c(Cl)cccc1Cl)C(=O)CN(c1cc(C)cc(C)c1)S(=O)(=O)c1ccc(C)cc1. The zero-order chi connectivity index (χ0) is 30.5. The molecule has 0 aliphatic carbocycles. The topological polar surface area (TPSA) is 86.8 Å². The van der Waals surface area contributed by atoms with Crippen molar-refractivity contribution >= 4 is 50.7 Å². The third-order valence-corrected chi connectivity index (χ3v) is 9.44. The van der Waals surface area contributed by atoms with E-state index >= 15 is 0 Å². The maximum atomic E-state index is 14.1. The van der Waals surface area contributed by atoms with Crippen molar-refractivity contribution < 1.29 is 18.0 Å². The highest BCUT2D eigenvalue weighted by Crippen LogP contribution is 2.29. The van der Waals surface area contributed by atoms with Crippen molar-refractivity contribution in [3.63, 3.8) is 0 Å². The number of amides is 2. The van der Waals surface area contributed by atoms with Crippen LogP contribution >= 0.6 is 23.2 Å². The highest BCUT2D eigenvalue weighted by molar-refractivity contribution is 7.92. The van der Waals surface area contributed by atoms with Gasteiger partial charge in [0.1, 0.15) is 12.6 Å². The molecule has 0 radical (unpaired) electrons. The van der Waals surface area contributed by atoms with Gasteiger partial charge in [-0.1, -0.05) is 60.0 Å². The van der Waals surface area contributed by atoms with E-state index in [9.17, 15) is 18.0 Å². The summed E-state index contributed by atoms with van der Waals surface area (Å²) in [6.07, 6.45) is 0.706. The largest absolute Gasteiger partial charge is 0.352 e. The van der Waals surface area contributed by atoms with Crippen molar-refractivity contribution in [3.8, 4) is 0 Å². The van der Waals surface area contributed by atoms with E-state index in [1.165, 1.54) is 17.0 Å². The van der Waals surface area contributed by atoms with Gasteiger partial charge in [-0.3, -0.25) is 13.9 Å². The first-order chi connectivity index (χ1) is 19.2. The normalized spacial score (nSPS) is 12.9. The number of carbonyl (C=O) groups excluding carboxylic acids is 2. The van der Waals surface area contributed by atoms with Crippen LogP contribution < -0.4 is 9.62 Å². The van der Waals surface area contributed by atoms with E-state index in [4.69, 9.17) is 23.2 Å². The average Bonchev–Trinajstić information content (AvgIpc) is 2.90. The van der Waals surface area contributed by atoms with E-state index in [0.29, 0.717) is 27.7 Å². The summed E-state index contributed by atoms with van der Waals surface area (Å²) in [6, 6.07) is 15.8. The lowest BCUT2D eigenvalue weighted by Gasteiger charge is -2.33. The first-order valence-corrected chi connectivity index (χ1v) is 15.6. The Morgan fingerprint density at radius 3 is 1.98 bits per heavy atom. The molecule has 0 aromatic heterocycles. The Kier molecular flexibility index (Phi) is 10.9. The number of benzene rings is 3. The molecule has 0 saturated carbocycles. The number of nitrogens with one attached hydrogen (secondary N) is 1. The molecule has 220 valence electrons. The maximum absolute atomic E-state index is 14.1. The van der Waals surface area contributed by atoms with Crippen LogP contribution in [0.15, 0.2) is 65.6 Å². The minimum absolute atomic E-state index is 0.0540. The minimum Gasteiger partial charge on any atom is -0.352 e. The predicted molar refractivity (Wildman–Crippen MR) is 166 cm³/mol. The molecule has 7 nitrogen and oxygen atoms in total. The van der Waals surface area contributed by atoms with Crippen molar-refractivity contribution in [2.45, 2.75) is 71.5 Å². The van der Waals surface area contributed by atoms with Gasteiger partial charge in [-0.25, -0.2) is 8.42 Å². The lowest BCUT2D eigenvalue weighted by molar-refractivity contribution is -0.139. The fourth-order valence-electron chi connectivity index (χ4n) is 4.36. The van der Waals surface area contributed by atoms with Crippen LogP contribution in [0.5, 0.6) is 0 Å². The van der Waals surface area contributed by atoms with Crippen molar-refractivity contribution in [3.05, 3.63) is 93.0 Å². The lowest BCUT2D eigenvalue weighted by Crippen LogP contribution is -2.52. The van der Waals surface area contributed by atoms with Crippen LogP contribution in [0, 0.1) is 20.8 Å². The molecule has 2 atom stereocenters. The Hall–Kier alpha value is -3.07. The first-order valence-electron chi connectivity index (χ1n) is 13.4. The molecule has 41 heavy (non-hydrogen) atoms. The van der Waals surface area contributed by atoms with Gasteiger partial charge in [-0.15, -0.1) is 0 Å². The first kappa shape index (κ1) is 32.4. The number of sulfonamides is 1. The highest BCUT2D eigenvalue weighted by Gasteiger charge is 2.33. The van der Waals surface area contributed by atoms with Gasteiger partial charge >= 0.3 is 0 Å². The van der Waals surface area contributed by atoms with E-state index in [1.54, 1.807) is 49.4 Å². The molecule has 0 saturated heterocycles. The van der Waals surface area contributed by atoms with Crippen molar-refractivity contribution in [1.82, 2.24) is 10.2 Å². The number of aryl methyl sites for hydroxylation is 3. The highest BCUT2D eigenvalue weighted by atomic mass is 35.5. The minimum atomic E-state index is -4.16. The summed E-state index contributed by atoms with van der Waals surface area (Å²) in [7, 11) is -4.16. The zero-order valence-electron chi connectivity index (χ0n) is 24.2. The van der Waals surface area contributed by atoms with Crippen molar-refractivity contribution in [2.24, 2.45) is 0 Å². The summed E-state index contributed by atoms with van der Waals surface area (Å²) < 4.78 is 29.1. The van der Waals surface area contributed by atoms with Crippen LogP contribution in [0.3, 0.4) is 0 Å². The van der Waals surface area contributed by atoms with Gasteiger partial charge in [0.2, 0.25) is 11.8 Å².